The number of amides is 1. The van der Waals surface area contributed by atoms with Gasteiger partial charge in [-0.1, -0.05) is 0 Å². The van der Waals surface area contributed by atoms with Crippen LogP contribution in [-0.2, 0) is 4.79 Å². The van der Waals surface area contributed by atoms with Gasteiger partial charge in [0.05, 0.1) is 4.92 Å². The maximum absolute atomic E-state index is 10.4. The zero-order valence-corrected chi connectivity index (χ0v) is 8.34. The number of anilines is 2. The van der Waals surface area contributed by atoms with Crippen molar-refractivity contribution in [2.75, 3.05) is 17.6 Å². The number of hydrogen-bond donors (Lipinski definition) is 3. The molecule has 0 aliphatic rings. The smallest absolute Gasteiger partial charge is 0.311 e. The highest BCUT2D eigenvalue weighted by Gasteiger charge is 2.12. The molecule has 16 heavy (non-hydrogen) atoms. The second-order valence-electron chi connectivity index (χ2n) is 3.00. The number of nitro groups is 1. The van der Waals surface area contributed by atoms with Crippen molar-refractivity contribution in [1.29, 1.82) is 0 Å². The molecule has 86 valence electrons. The van der Waals surface area contributed by atoms with Crippen molar-refractivity contribution in [2.24, 2.45) is 5.73 Å². The Bertz CT molecular complexity index is 420. The zero-order valence-electron chi connectivity index (χ0n) is 8.34. The maximum Gasteiger partial charge on any atom is 0.311 e. The fourth-order valence-electron chi connectivity index (χ4n) is 1.03. The molecule has 0 saturated carbocycles. The number of hydrogen-bond acceptors (Lipinski definition) is 6. The lowest BCUT2D eigenvalue weighted by Gasteiger charge is -2.04. The van der Waals surface area contributed by atoms with Crippen molar-refractivity contribution in [3.05, 3.63) is 22.2 Å². The summed E-state index contributed by atoms with van der Waals surface area (Å²) in [5.41, 5.74) is 10.1. The van der Waals surface area contributed by atoms with Crippen molar-refractivity contribution in [1.82, 2.24) is 4.98 Å². The van der Waals surface area contributed by atoms with E-state index in [2.05, 4.69) is 10.3 Å². The quantitative estimate of drug-likeness (QED) is 0.471. The summed E-state index contributed by atoms with van der Waals surface area (Å²) in [6, 6.07) is 2.66. The first-order valence-corrected chi connectivity index (χ1v) is 4.44. The molecule has 8 nitrogen and oxygen atoms in total. The fraction of sp³-hybridized carbons (Fsp3) is 0.250. The minimum absolute atomic E-state index is 0.151. The Hall–Kier alpha value is -2.38. The van der Waals surface area contributed by atoms with Gasteiger partial charge in [0, 0.05) is 19.0 Å². The van der Waals surface area contributed by atoms with Crippen LogP contribution in [0.3, 0.4) is 0 Å². The number of nitrogens with two attached hydrogens (primary N) is 2. The number of carbonyl (C=O) groups is 1. The van der Waals surface area contributed by atoms with Crippen molar-refractivity contribution in [3.8, 4) is 0 Å². The van der Waals surface area contributed by atoms with E-state index in [9.17, 15) is 14.9 Å². The molecule has 0 aliphatic carbocycles. The molecule has 1 aromatic rings. The van der Waals surface area contributed by atoms with E-state index in [1.54, 1.807) is 0 Å². The highest BCUT2D eigenvalue weighted by molar-refractivity contribution is 5.74. The molecule has 0 aliphatic heterocycles. The summed E-state index contributed by atoms with van der Waals surface area (Å²) in [6.45, 7) is 0.305. The third kappa shape index (κ3) is 3.08. The van der Waals surface area contributed by atoms with Gasteiger partial charge in [0.25, 0.3) is 0 Å². The number of aromatic nitrogens is 1. The Morgan fingerprint density at radius 1 is 1.56 bits per heavy atom. The highest BCUT2D eigenvalue weighted by atomic mass is 16.6. The minimum Gasteiger partial charge on any atom is -0.378 e. The molecule has 0 saturated heterocycles. The van der Waals surface area contributed by atoms with Crippen molar-refractivity contribution in [3.63, 3.8) is 0 Å². The molecule has 0 atom stereocenters. The van der Waals surface area contributed by atoms with E-state index < -0.39 is 10.8 Å². The van der Waals surface area contributed by atoms with Crippen molar-refractivity contribution < 1.29 is 9.72 Å². The lowest BCUT2D eigenvalue weighted by atomic mass is 10.3. The number of pyridine rings is 1. The first kappa shape index (κ1) is 11.7. The Kier molecular flexibility index (Phi) is 3.59. The monoisotopic (exact) mass is 225 g/mol. The number of nitrogens with zero attached hydrogens (tertiary/aromatic N) is 2. The Morgan fingerprint density at radius 2 is 2.25 bits per heavy atom. The number of nitrogen functional groups attached to an aromatic ring is 1. The molecule has 1 rings (SSSR count). The standard InChI is InChI=1S/C8H11N5O3/c9-6(14)3-4-11-7-2-1-5(13(15)16)8(10)12-7/h1-2H,3-4H2,(H2,9,14)(H3,10,11,12). The van der Waals surface area contributed by atoms with Gasteiger partial charge in [0.2, 0.25) is 11.7 Å². The Labute approximate surface area is 90.8 Å². The van der Waals surface area contributed by atoms with Crippen molar-refractivity contribution >= 4 is 23.2 Å². The molecule has 1 heterocycles. The van der Waals surface area contributed by atoms with Gasteiger partial charge in [-0.15, -0.1) is 0 Å². The van der Waals surface area contributed by atoms with E-state index in [4.69, 9.17) is 11.5 Å². The van der Waals surface area contributed by atoms with Gasteiger partial charge in [-0.3, -0.25) is 14.9 Å². The number of carbonyl (C=O) groups excluding carboxylic acids is 1. The van der Waals surface area contributed by atoms with Crippen LogP contribution in [0, 0.1) is 10.1 Å². The number of primary amides is 1. The van der Waals surface area contributed by atoms with Gasteiger partial charge in [-0.05, 0) is 6.07 Å². The van der Waals surface area contributed by atoms with E-state index >= 15 is 0 Å². The summed E-state index contributed by atoms with van der Waals surface area (Å²) in [6.07, 6.45) is 0.151. The normalized spacial score (nSPS) is 9.75. The summed E-state index contributed by atoms with van der Waals surface area (Å²) in [4.78, 5) is 24.0. The lowest BCUT2D eigenvalue weighted by molar-refractivity contribution is -0.384. The topological polar surface area (TPSA) is 137 Å². The molecular weight excluding hydrogens is 214 g/mol. The van der Waals surface area contributed by atoms with Crippen LogP contribution in [0.25, 0.3) is 0 Å². The van der Waals surface area contributed by atoms with Crippen LogP contribution in [0.4, 0.5) is 17.3 Å². The maximum atomic E-state index is 10.4. The van der Waals surface area contributed by atoms with Gasteiger partial charge in [-0.2, -0.15) is 0 Å². The van der Waals surface area contributed by atoms with Crippen molar-refractivity contribution in [2.45, 2.75) is 6.42 Å². The zero-order chi connectivity index (χ0) is 12.1. The molecule has 8 heteroatoms. The molecule has 1 aromatic heterocycles. The Morgan fingerprint density at radius 3 is 2.75 bits per heavy atom. The second kappa shape index (κ2) is 4.91. The first-order chi connectivity index (χ1) is 7.50. The predicted molar refractivity (Wildman–Crippen MR) is 57.6 cm³/mol. The van der Waals surface area contributed by atoms with E-state index in [1.807, 2.05) is 0 Å². The van der Waals surface area contributed by atoms with Crippen LogP contribution in [0.1, 0.15) is 6.42 Å². The third-order valence-corrected chi connectivity index (χ3v) is 1.78. The van der Waals surface area contributed by atoms with Gasteiger partial charge in [0.1, 0.15) is 5.82 Å². The molecule has 0 aromatic carbocycles. The van der Waals surface area contributed by atoms with Crippen LogP contribution in [0.5, 0.6) is 0 Å². The average Bonchev–Trinajstić information content (AvgIpc) is 2.16. The molecule has 0 bridgehead atoms. The van der Waals surface area contributed by atoms with Crippen LogP contribution >= 0.6 is 0 Å². The van der Waals surface area contributed by atoms with Crippen LogP contribution in [-0.4, -0.2) is 22.4 Å². The summed E-state index contributed by atoms with van der Waals surface area (Å²) >= 11 is 0. The highest BCUT2D eigenvalue weighted by Crippen LogP contribution is 2.20. The summed E-state index contributed by atoms with van der Waals surface area (Å²) in [5.74, 6) is -0.249. The molecule has 0 spiro atoms. The molecule has 5 N–H and O–H groups in total. The Balaban J connectivity index is 2.66. The molecular formula is C8H11N5O3. The van der Waals surface area contributed by atoms with Crippen LogP contribution < -0.4 is 16.8 Å². The lowest BCUT2D eigenvalue weighted by Crippen LogP contribution is -2.16. The van der Waals surface area contributed by atoms with E-state index in [-0.39, 0.29) is 17.9 Å². The second-order valence-corrected chi connectivity index (χ2v) is 3.00. The summed E-state index contributed by atoms with van der Waals surface area (Å²) in [7, 11) is 0. The molecule has 0 radical (unpaired) electrons. The average molecular weight is 225 g/mol. The molecule has 0 unspecified atom stereocenters. The summed E-state index contributed by atoms with van der Waals surface area (Å²) in [5, 5.41) is 13.2. The largest absolute Gasteiger partial charge is 0.378 e. The summed E-state index contributed by atoms with van der Waals surface area (Å²) < 4.78 is 0. The van der Waals surface area contributed by atoms with E-state index in [0.717, 1.165) is 0 Å². The SMILES string of the molecule is NC(=O)CCNc1ccc([N+](=O)[O-])c(N)n1. The third-order valence-electron chi connectivity index (χ3n) is 1.78. The number of nitrogens with one attached hydrogen (secondary N) is 1. The van der Waals surface area contributed by atoms with Gasteiger partial charge in [0.15, 0.2) is 0 Å². The fourth-order valence-corrected chi connectivity index (χ4v) is 1.03. The predicted octanol–water partition coefficient (Wildman–Crippen LogP) is -0.141. The van der Waals surface area contributed by atoms with Gasteiger partial charge in [-0.25, -0.2) is 4.98 Å². The van der Waals surface area contributed by atoms with Gasteiger partial charge < -0.3 is 16.8 Å². The first-order valence-electron chi connectivity index (χ1n) is 4.44. The molecule has 0 fully saturated rings. The van der Waals surface area contributed by atoms with Gasteiger partial charge >= 0.3 is 5.69 Å². The van der Waals surface area contributed by atoms with Crippen LogP contribution in [0.2, 0.25) is 0 Å². The van der Waals surface area contributed by atoms with E-state index in [0.29, 0.717) is 12.4 Å². The molecule has 1 amide bonds. The minimum atomic E-state index is -0.616. The number of rotatable bonds is 5. The van der Waals surface area contributed by atoms with E-state index in [1.165, 1.54) is 12.1 Å². The van der Waals surface area contributed by atoms with Crippen LogP contribution in [0.15, 0.2) is 12.1 Å².